The van der Waals surface area contributed by atoms with Crippen molar-refractivity contribution < 1.29 is 13.2 Å². The van der Waals surface area contributed by atoms with Crippen molar-refractivity contribution >= 4 is 10.2 Å². The lowest BCUT2D eigenvalue weighted by atomic mass is 10.3. The van der Waals surface area contributed by atoms with E-state index in [1.807, 2.05) is 20.9 Å². The Bertz CT molecular complexity index is 322. The van der Waals surface area contributed by atoms with Crippen molar-refractivity contribution in [2.75, 3.05) is 47.4 Å². The van der Waals surface area contributed by atoms with Gasteiger partial charge in [-0.2, -0.15) is 17.0 Å². The summed E-state index contributed by atoms with van der Waals surface area (Å²) in [5.41, 5.74) is 0. The van der Waals surface area contributed by atoms with E-state index in [4.69, 9.17) is 4.74 Å². The number of nitrogens with zero attached hydrogens (tertiary/aromatic N) is 2. The van der Waals surface area contributed by atoms with Crippen LogP contribution in [-0.4, -0.2) is 70.5 Å². The third kappa shape index (κ3) is 6.18. The van der Waals surface area contributed by atoms with Gasteiger partial charge in [0.25, 0.3) is 10.2 Å². The van der Waals surface area contributed by atoms with Crippen LogP contribution in [0, 0.1) is 0 Å². The van der Waals surface area contributed by atoms with Gasteiger partial charge in [-0.15, -0.1) is 0 Å². The minimum Gasteiger partial charge on any atom is -0.383 e. The molecule has 0 radical (unpaired) electrons. The fraction of sp³-hybridized carbons (Fsp3) is 1.00. The molecule has 6 nitrogen and oxygen atoms in total. The van der Waals surface area contributed by atoms with Crippen molar-refractivity contribution in [3.05, 3.63) is 0 Å². The summed E-state index contributed by atoms with van der Waals surface area (Å²) in [6.07, 6.45) is 1.58. The van der Waals surface area contributed by atoms with E-state index >= 15 is 0 Å². The fourth-order valence-electron chi connectivity index (χ4n) is 1.72. The second kappa shape index (κ2) is 9.66. The standard InChI is InChI=1S/C12H29N3O3S/c1-6-12(2)15(10-11-18-5)19(16,17)14(4)9-7-8-13-3/h12-13H,6-11H2,1-5H3. The first kappa shape index (κ1) is 18.8. The third-order valence-corrected chi connectivity index (χ3v) is 5.29. The molecule has 1 unspecified atom stereocenters. The maximum Gasteiger partial charge on any atom is 0.282 e. The topological polar surface area (TPSA) is 61.9 Å². The number of hydrogen-bond donors (Lipinski definition) is 1. The van der Waals surface area contributed by atoms with Gasteiger partial charge in [-0.05, 0) is 33.4 Å². The Labute approximate surface area is 118 Å². The first-order chi connectivity index (χ1) is 8.91. The van der Waals surface area contributed by atoms with Crippen LogP contribution in [0.3, 0.4) is 0 Å². The predicted octanol–water partition coefficient (Wildman–Crippen LogP) is 0.519. The zero-order chi connectivity index (χ0) is 14.9. The van der Waals surface area contributed by atoms with E-state index in [1.54, 1.807) is 14.2 Å². The van der Waals surface area contributed by atoms with Crippen molar-refractivity contribution in [2.45, 2.75) is 32.7 Å². The summed E-state index contributed by atoms with van der Waals surface area (Å²) < 4.78 is 33.0. The van der Waals surface area contributed by atoms with Gasteiger partial charge in [-0.3, -0.25) is 0 Å². The second-order valence-corrected chi connectivity index (χ2v) is 6.64. The molecular formula is C12H29N3O3S. The highest BCUT2D eigenvalue weighted by molar-refractivity contribution is 7.86. The Balaban J connectivity index is 4.75. The first-order valence-electron chi connectivity index (χ1n) is 6.78. The summed E-state index contributed by atoms with van der Waals surface area (Å²) in [7, 11) is 1.67. The van der Waals surface area contributed by atoms with E-state index in [9.17, 15) is 8.42 Å². The van der Waals surface area contributed by atoms with Crippen LogP contribution in [0.5, 0.6) is 0 Å². The Morgan fingerprint density at radius 3 is 2.42 bits per heavy atom. The Hall–Kier alpha value is -0.210. The molecule has 0 aliphatic heterocycles. The van der Waals surface area contributed by atoms with Crippen molar-refractivity contribution in [3.63, 3.8) is 0 Å². The van der Waals surface area contributed by atoms with Crippen LogP contribution in [0.1, 0.15) is 26.7 Å². The molecule has 19 heavy (non-hydrogen) atoms. The zero-order valence-electron chi connectivity index (χ0n) is 12.8. The molecule has 0 heterocycles. The van der Waals surface area contributed by atoms with Crippen LogP contribution in [0.25, 0.3) is 0 Å². The molecular weight excluding hydrogens is 266 g/mol. The van der Waals surface area contributed by atoms with Gasteiger partial charge in [0.1, 0.15) is 0 Å². The molecule has 0 aromatic heterocycles. The molecule has 0 aromatic carbocycles. The highest BCUT2D eigenvalue weighted by Crippen LogP contribution is 2.13. The minimum absolute atomic E-state index is 0.0214. The summed E-state index contributed by atoms with van der Waals surface area (Å²) in [4.78, 5) is 0. The van der Waals surface area contributed by atoms with E-state index in [0.717, 1.165) is 19.4 Å². The van der Waals surface area contributed by atoms with Gasteiger partial charge in [0.15, 0.2) is 0 Å². The molecule has 0 spiro atoms. The van der Waals surface area contributed by atoms with Crippen molar-refractivity contribution in [1.29, 1.82) is 0 Å². The maximum atomic E-state index is 12.5. The monoisotopic (exact) mass is 295 g/mol. The molecule has 7 heteroatoms. The normalized spacial score (nSPS) is 14.3. The van der Waals surface area contributed by atoms with Crippen LogP contribution < -0.4 is 5.32 Å². The second-order valence-electron chi connectivity index (χ2n) is 4.65. The van der Waals surface area contributed by atoms with Crippen LogP contribution in [0.2, 0.25) is 0 Å². The lowest BCUT2D eigenvalue weighted by Gasteiger charge is -2.31. The number of ether oxygens (including phenoxy) is 1. The lowest BCUT2D eigenvalue weighted by Crippen LogP contribution is -2.48. The molecule has 0 saturated carbocycles. The van der Waals surface area contributed by atoms with Gasteiger partial charge in [0, 0.05) is 33.3 Å². The Morgan fingerprint density at radius 2 is 1.95 bits per heavy atom. The van der Waals surface area contributed by atoms with E-state index in [1.165, 1.54) is 8.61 Å². The summed E-state index contributed by atoms with van der Waals surface area (Å²) in [6.45, 7) is 6.04. The summed E-state index contributed by atoms with van der Waals surface area (Å²) in [5.74, 6) is 0. The largest absolute Gasteiger partial charge is 0.383 e. The van der Waals surface area contributed by atoms with Crippen LogP contribution in [0.15, 0.2) is 0 Å². The molecule has 116 valence electrons. The molecule has 0 aliphatic rings. The van der Waals surface area contributed by atoms with E-state index in [0.29, 0.717) is 19.7 Å². The van der Waals surface area contributed by atoms with Crippen LogP contribution in [0.4, 0.5) is 0 Å². The molecule has 0 bridgehead atoms. The van der Waals surface area contributed by atoms with Crippen LogP contribution >= 0.6 is 0 Å². The molecule has 0 rings (SSSR count). The summed E-state index contributed by atoms with van der Waals surface area (Å²) in [6, 6.07) is -0.0214. The predicted molar refractivity (Wildman–Crippen MR) is 78.4 cm³/mol. The average molecular weight is 295 g/mol. The van der Waals surface area contributed by atoms with Gasteiger partial charge >= 0.3 is 0 Å². The van der Waals surface area contributed by atoms with Crippen molar-refractivity contribution in [2.24, 2.45) is 0 Å². The van der Waals surface area contributed by atoms with Gasteiger partial charge in [0.05, 0.1) is 6.61 Å². The summed E-state index contributed by atoms with van der Waals surface area (Å²) >= 11 is 0. The zero-order valence-corrected chi connectivity index (χ0v) is 13.7. The number of rotatable bonds is 11. The van der Waals surface area contributed by atoms with Gasteiger partial charge in [-0.1, -0.05) is 6.92 Å². The molecule has 0 amide bonds. The number of nitrogens with one attached hydrogen (secondary N) is 1. The molecule has 1 atom stereocenters. The highest BCUT2D eigenvalue weighted by atomic mass is 32.2. The van der Waals surface area contributed by atoms with Gasteiger partial charge in [0.2, 0.25) is 0 Å². The maximum absolute atomic E-state index is 12.5. The van der Waals surface area contributed by atoms with Crippen molar-refractivity contribution in [3.8, 4) is 0 Å². The van der Waals surface area contributed by atoms with E-state index < -0.39 is 10.2 Å². The molecule has 0 aromatic rings. The SMILES string of the molecule is CCC(C)N(CCOC)S(=O)(=O)N(C)CCCNC. The van der Waals surface area contributed by atoms with Crippen molar-refractivity contribution in [1.82, 2.24) is 13.9 Å². The first-order valence-corrected chi connectivity index (χ1v) is 8.18. The number of methoxy groups -OCH3 is 1. The summed E-state index contributed by atoms with van der Waals surface area (Å²) in [5, 5.41) is 3.02. The van der Waals surface area contributed by atoms with Crippen LogP contribution in [-0.2, 0) is 14.9 Å². The highest BCUT2D eigenvalue weighted by Gasteiger charge is 2.29. The van der Waals surface area contributed by atoms with E-state index in [-0.39, 0.29) is 6.04 Å². The third-order valence-electron chi connectivity index (χ3n) is 3.19. The fourth-order valence-corrected chi connectivity index (χ4v) is 3.35. The van der Waals surface area contributed by atoms with Gasteiger partial charge in [-0.25, -0.2) is 0 Å². The smallest absolute Gasteiger partial charge is 0.282 e. The van der Waals surface area contributed by atoms with Gasteiger partial charge < -0.3 is 10.1 Å². The molecule has 0 saturated heterocycles. The molecule has 0 fully saturated rings. The molecule has 0 aliphatic carbocycles. The molecule has 1 N–H and O–H groups in total. The average Bonchev–Trinajstić information content (AvgIpc) is 2.38. The Morgan fingerprint density at radius 1 is 1.32 bits per heavy atom. The minimum atomic E-state index is -3.41. The lowest BCUT2D eigenvalue weighted by molar-refractivity contribution is 0.164. The van der Waals surface area contributed by atoms with E-state index in [2.05, 4.69) is 5.32 Å². The quantitative estimate of drug-likeness (QED) is 0.565. The Kier molecular flexibility index (Phi) is 9.55. The number of hydrogen-bond acceptors (Lipinski definition) is 4.